The zero-order valence-corrected chi connectivity index (χ0v) is 14.5. The maximum absolute atomic E-state index is 12.7. The van der Waals surface area contributed by atoms with Gasteiger partial charge in [-0.15, -0.1) is 0 Å². The van der Waals surface area contributed by atoms with E-state index in [1.54, 1.807) is 12.4 Å². The Balaban J connectivity index is 1.36. The number of amides is 1. The minimum atomic E-state index is -0.0595. The van der Waals surface area contributed by atoms with Crippen LogP contribution in [0.3, 0.4) is 0 Å². The van der Waals surface area contributed by atoms with Crippen LogP contribution in [0.15, 0.2) is 67.3 Å². The second kappa shape index (κ2) is 7.49. The van der Waals surface area contributed by atoms with Crippen LogP contribution in [0.5, 0.6) is 0 Å². The van der Waals surface area contributed by atoms with Gasteiger partial charge in [-0.2, -0.15) is 9.78 Å². The van der Waals surface area contributed by atoms with Gasteiger partial charge in [-0.25, -0.2) is 4.79 Å². The van der Waals surface area contributed by atoms with Crippen LogP contribution in [0, 0.1) is 0 Å². The summed E-state index contributed by atoms with van der Waals surface area (Å²) in [6.45, 7) is 4.04. The third-order valence-electron chi connectivity index (χ3n) is 4.68. The number of hydrogen-bond donors (Lipinski definition) is 0. The summed E-state index contributed by atoms with van der Waals surface area (Å²) in [6, 6.07) is 14.0. The molecule has 1 fully saturated rings. The first-order valence-electron chi connectivity index (χ1n) is 8.80. The molecule has 0 atom stereocenters. The molecule has 0 radical (unpaired) electrons. The molecule has 4 rings (SSSR count). The molecular weight excluding hydrogens is 326 g/mol. The Hall–Kier alpha value is -2.99. The third-order valence-corrected chi connectivity index (χ3v) is 4.68. The second-order valence-corrected chi connectivity index (χ2v) is 6.44. The molecule has 1 aliphatic heterocycles. The minimum Gasteiger partial charge on any atom is -0.320 e. The maximum atomic E-state index is 12.7. The number of carbonyl (C=O) groups excluding carboxylic acids is 1. The zero-order chi connectivity index (χ0) is 17.8. The van der Waals surface area contributed by atoms with E-state index in [0.717, 1.165) is 30.8 Å². The standard InChI is InChI=1S/C20H21N5O/c26-20(25-16-19(14-22-25)18-4-2-1-3-5-18)24-12-10-23(11-13-24)15-17-6-8-21-9-7-17/h1-9,14,16H,10-13,15H2. The molecular formula is C20H21N5O. The fourth-order valence-electron chi connectivity index (χ4n) is 3.20. The smallest absolute Gasteiger partial charge is 0.320 e. The van der Waals surface area contributed by atoms with Gasteiger partial charge >= 0.3 is 6.03 Å². The minimum absolute atomic E-state index is 0.0595. The largest absolute Gasteiger partial charge is 0.344 e. The van der Waals surface area contributed by atoms with Crippen molar-refractivity contribution in [3.05, 3.63) is 72.8 Å². The van der Waals surface area contributed by atoms with Crippen molar-refractivity contribution in [2.75, 3.05) is 26.2 Å². The van der Waals surface area contributed by atoms with Crippen LogP contribution in [0.2, 0.25) is 0 Å². The van der Waals surface area contributed by atoms with E-state index in [-0.39, 0.29) is 6.03 Å². The van der Waals surface area contributed by atoms with Crippen molar-refractivity contribution >= 4 is 6.03 Å². The summed E-state index contributed by atoms with van der Waals surface area (Å²) < 4.78 is 1.45. The summed E-state index contributed by atoms with van der Waals surface area (Å²) in [4.78, 5) is 21.0. The van der Waals surface area contributed by atoms with E-state index in [4.69, 9.17) is 0 Å². The molecule has 1 aromatic carbocycles. The molecule has 3 aromatic rings. The highest BCUT2D eigenvalue weighted by Gasteiger charge is 2.23. The van der Waals surface area contributed by atoms with E-state index in [1.807, 2.05) is 59.8 Å². The first kappa shape index (κ1) is 16.5. The summed E-state index contributed by atoms with van der Waals surface area (Å²) in [6.07, 6.45) is 7.18. The number of nitrogens with zero attached hydrogens (tertiary/aromatic N) is 5. The van der Waals surface area contributed by atoms with E-state index < -0.39 is 0 Å². The molecule has 6 heteroatoms. The molecule has 0 N–H and O–H groups in total. The van der Waals surface area contributed by atoms with Gasteiger partial charge in [0.1, 0.15) is 0 Å². The Morgan fingerprint density at radius 2 is 1.65 bits per heavy atom. The Morgan fingerprint density at radius 3 is 2.38 bits per heavy atom. The van der Waals surface area contributed by atoms with Gasteiger partial charge in [0.05, 0.1) is 6.20 Å². The molecule has 132 valence electrons. The van der Waals surface area contributed by atoms with Gasteiger partial charge in [-0.3, -0.25) is 9.88 Å². The molecule has 2 aromatic heterocycles. The molecule has 0 aliphatic carbocycles. The SMILES string of the molecule is O=C(N1CCN(Cc2ccncc2)CC1)n1cc(-c2ccccc2)cn1. The first-order valence-corrected chi connectivity index (χ1v) is 8.80. The molecule has 0 bridgehead atoms. The van der Waals surface area contributed by atoms with Gasteiger partial charge in [0, 0.05) is 56.9 Å². The van der Waals surface area contributed by atoms with Crippen LogP contribution < -0.4 is 0 Å². The maximum Gasteiger partial charge on any atom is 0.344 e. The number of pyridine rings is 1. The molecule has 1 saturated heterocycles. The zero-order valence-electron chi connectivity index (χ0n) is 14.5. The van der Waals surface area contributed by atoms with Gasteiger partial charge in [-0.1, -0.05) is 30.3 Å². The average Bonchev–Trinajstić information content (AvgIpc) is 3.20. The number of aromatic nitrogens is 3. The van der Waals surface area contributed by atoms with Crippen molar-refractivity contribution in [3.63, 3.8) is 0 Å². The van der Waals surface area contributed by atoms with Gasteiger partial charge in [0.25, 0.3) is 0 Å². The molecule has 1 aliphatic rings. The molecule has 1 amide bonds. The molecule has 26 heavy (non-hydrogen) atoms. The van der Waals surface area contributed by atoms with Crippen molar-refractivity contribution in [3.8, 4) is 11.1 Å². The number of piperazine rings is 1. The van der Waals surface area contributed by atoms with Gasteiger partial charge < -0.3 is 4.90 Å². The molecule has 6 nitrogen and oxygen atoms in total. The molecule has 0 saturated carbocycles. The topological polar surface area (TPSA) is 54.3 Å². The Labute approximate surface area is 152 Å². The van der Waals surface area contributed by atoms with E-state index in [2.05, 4.69) is 15.0 Å². The van der Waals surface area contributed by atoms with Crippen LogP contribution in [0.25, 0.3) is 11.1 Å². The lowest BCUT2D eigenvalue weighted by Gasteiger charge is -2.34. The van der Waals surface area contributed by atoms with Crippen LogP contribution in [0.4, 0.5) is 4.79 Å². The van der Waals surface area contributed by atoms with Gasteiger partial charge in [0.15, 0.2) is 0 Å². The number of hydrogen-bond acceptors (Lipinski definition) is 4. The highest BCUT2D eigenvalue weighted by molar-refractivity contribution is 5.77. The van der Waals surface area contributed by atoms with Crippen LogP contribution in [-0.4, -0.2) is 56.8 Å². The first-order chi connectivity index (χ1) is 12.8. The van der Waals surface area contributed by atoms with E-state index in [1.165, 1.54) is 10.2 Å². The van der Waals surface area contributed by atoms with Crippen LogP contribution >= 0.6 is 0 Å². The number of carbonyl (C=O) groups is 1. The fourth-order valence-corrected chi connectivity index (χ4v) is 3.20. The number of rotatable bonds is 3. The van der Waals surface area contributed by atoms with Crippen molar-refractivity contribution < 1.29 is 4.79 Å². The Bertz CT molecular complexity index is 854. The Morgan fingerprint density at radius 1 is 0.923 bits per heavy atom. The lowest BCUT2D eigenvalue weighted by atomic mass is 10.1. The summed E-state index contributed by atoms with van der Waals surface area (Å²) >= 11 is 0. The Kier molecular flexibility index (Phi) is 4.75. The normalized spacial score (nSPS) is 15.2. The summed E-state index contributed by atoms with van der Waals surface area (Å²) in [5.41, 5.74) is 3.27. The summed E-state index contributed by atoms with van der Waals surface area (Å²) in [7, 11) is 0. The van der Waals surface area contributed by atoms with Gasteiger partial charge in [-0.05, 0) is 23.3 Å². The predicted octanol–water partition coefficient (Wildman–Crippen LogP) is 2.73. The average molecular weight is 347 g/mol. The summed E-state index contributed by atoms with van der Waals surface area (Å²) in [5.74, 6) is 0. The quantitative estimate of drug-likeness (QED) is 0.731. The van der Waals surface area contributed by atoms with Gasteiger partial charge in [0.2, 0.25) is 0 Å². The number of benzene rings is 1. The highest BCUT2D eigenvalue weighted by atomic mass is 16.2. The predicted molar refractivity (Wildman–Crippen MR) is 99.5 cm³/mol. The summed E-state index contributed by atoms with van der Waals surface area (Å²) in [5, 5.41) is 4.26. The fraction of sp³-hybridized carbons (Fsp3) is 0.250. The van der Waals surface area contributed by atoms with E-state index in [9.17, 15) is 4.79 Å². The molecule has 3 heterocycles. The third kappa shape index (κ3) is 3.65. The van der Waals surface area contributed by atoms with Crippen molar-refractivity contribution in [2.45, 2.75) is 6.54 Å². The monoisotopic (exact) mass is 347 g/mol. The lowest BCUT2D eigenvalue weighted by molar-refractivity contribution is 0.134. The molecule has 0 unspecified atom stereocenters. The van der Waals surface area contributed by atoms with Crippen molar-refractivity contribution in [1.82, 2.24) is 24.6 Å². The van der Waals surface area contributed by atoms with Crippen LogP contribution in [0.1, 0.15) is 5.56 Å². The molecule has 0 spiro atoms. The second-order valence-electron chi connectivity index (χ2n) is 6.44. The van der Waals surface area contributed by atoms with E-state index >= 15 is 0 Å². The van der Waals surface area contributed by atoms with Crippen LogP contribution in [-0.2, 0) is 6.54 Å². The highest BCUT2D eigenvalue weighted by Crippen LogP contribution is 2.18. The lowest BCUT2D eigenvalue weighted by Crippen LogP contribution is -2.49. The van der Waals surface area contributed by atoms with Crippen molar-refractivity contribution in [2.24, 2.45) is 0 Å². The van der Waals surface area contributed by atoms with E-state index in [0.29, 0.717) is 13.1 Å². The van der Waals surface area contributed by atoms with Crippen molar-refractivity contribution in [1.29, 1.82) is 0 Å².